The van der Waals surface area contributed by atoms with Gasteiger partial charge in [-0.05, 0) is 32.4 Å². The maximum atomic E-state index is 10.8. The highest BCUT2D eigenvalue weighted by atomic mass is 16.1. The summed E-state index contributed by atoms with van der Waals surface area (Å²) in [5.74, 6) is 0.158. The molecule has 0 bridgehead atoms. The predicted molar refractivity (Wildman–Crippen MR) is 48.1 cm³/mol. The van der Waals surface area contributed by atoms with E-state index in [0.717, 1.165) is 11.4 Å². The quantitative estimate of drug-likeness (QED) is 0.665. The van der Waals surface area contributed by atoms with Crippen LogP contribution in [-0.4, -0.2) is 10.8 Å². The van der Waals surface area contributed by atoms with Crippen molar-refractivity contribution < 1.29 is 4.79 Å². The molecule has 0 aliphatic rings. The molecule has 0 saturated carbocycles. The van der Waals surface area contributed by atoms with E-state index < -0.39 is 0 Å². The van der Waals surface area contributed by atoms with E-state index in [1.165, 1.54) is 5.56 Å². The third-order valence-electron chi connectivity index (χ3n) is 1.84. The molecule has 12 heavy (non-hydrogen) atoms. The van der Waals surface area contributed by atoms with E-state index in [-0.39, 0.29) is 5.78 Å². The monoisotopic (exact) mass is 163 g/mol. The minimum Gasteiger partial charge on any atom is -0.300 e. The number of aryl methyl sites for hydroxylation is 2. The third kappa shape index (κ3) is 2.16. The number of rotatable bonds is 2. The number of nitrogens with zero attached hydrogens (tertiary/aromatic N) is 1. The molecule has 1 aromatic heterocycles. The second-order valence-electron chi connectivity index (χ2n) is 3.08. The van der Waals surface area contributed by atoms with Crippen molar-refractivity contribution in [3.8, 4) is 0 Å². The molecule has 0 aliphatic heterocycles. The van der Waals surface area contributed by atoms with Gasteiger partial charge in [0.25, 0.3) is 0 Å². The first-order valence-corrected chi connectivity index (χ1v) is 4.02. The van der Waals surface area contributed by atoms with E-state index >= 15 is 0 Å². The minimum absolute atomic E-state index is 0.158. The molecule has 1 heterocycles. The summed E-state index contributed by atoms with van der Waals surface area (Å²) in [5.41, 5.74) is 3.04. The summed E-state index contributed by atoms with van der Waals surface area (Å²) in [6.45, 7) is 5.55. The molecule has 1 aromatic rings. The zero-order chi connectivity index (χ0) is 9.14. The van der Waals surface area contributed by atoms with E-state index in [1.54, 1.807) is 6.92 Å². The van der Waals surface area contributed by atoms with E-state index in [9.17, 15) is 4.79 Å². The first-order chi connectivity index (χ1) is 5.59. The van der Waals surface area contributed by atoms with Gasteiger partial charge in [0.15, 0.2) is 0 Å². The standard InChI is InChI=1S/C10H13NO/c1-7-4-5-10(6-8(2)12)11-9(7)3/h4-5H,6H2,1-3H3. The van der Waals surface area contributed by atoms with Crippen molar-refractivity contribution >= 4 is 5.78 Å². The number of Topliss-reactive ketones (excluding diaryl/α,β-unsaturated/α-hetero) is 1. The van der Waals surface area contributed by atoms with E-state index in [1.807, 2.05) is 26.0 Å². The Labute approximate surface area is 72.6 Å². The van der Waals surface area contributed by atoms with E-state index in [0.29, 0.717) is 6.42 Å². The Morgan fingerprint density at radius 2 is 2.08 bits per heavy atom. The lowest BCUT2D eigenvalue weighted by molar-refractivity contribution is -0.116. The Morgan fingerprint density at radius 1 is 1.42 bits per heavy atom. The Morgan fingerprint density at radius 3 is 2.58 bits per heavy atom. The van der Waals surface area contributed by atoms with Crippen LogP contribution >= 0.6 is 0 Å². The highest BCUT2D eigenvalue weighted by Crippen LogP contribution is 2.05. The molecule has 0 saturated heterocycles. The fourth-order valence-corrected chi connectivity index (χ4v) is 1.04. The molecule has 0 unspecified atom stereocenters. The van der Waals surface area contributed by atoms with Crippen molar-refractivity contribution in [2.24, 2.45) is 0 Å². The van der Waals surface area contributed by atoms with Gasteiger partial charge in [0, 0.05) is 17.8 Å². The Kier molecular flexibility index (Phi) is 2.58. The number of carbonyl (C=O) groups is 1. The van der Waals surface area contributed by atoms with Crippen molar-refractivity contribution in [3.63, 3.8) is 0 Å². The average molecular weight is 163 g/mol. The normalized spacial score (nSPS) is 9.92. The van der Waals surface area contributed by atoms with Crippen molar-refractivity contribution in [2.75, 3.05) is 0 Å². The van der Waals surface area contributed by atoms with Gasteiger partial charge in [-0.1, -0.05) is 6.07 Å². The van der Waals surface area contributed by atoms with E-state index in [2.05, 4.69) is 4.98 Å². The van der Waals surface area contributed by atoms with Gasteiger partial charge in [0.2, 0.25) is 0 Å². The SMILES string of the molecule is CC(=O)Cc1ccc(C)c(C)n1. The molecule has 0 fully saturated rings. The van der Waals surface area contributed by atoms with Crippen LogP contribution in [-0.2, 0) is 11.2 Å². The molecule has 1 rings (SSSR count). The van der Waals surface area contributed by atoms with Gasteiger partial charge in [-0.25, -0.2) is 0 Å². The van der Waals surface area contributed by atoms with Crippen LogP contribution in [0.1, 0.15) is 23.9 Å². The average Bonchev–Trinajstić information content (AvgIpc) is 1.96. The number of pyridine rings is 1. The summed E-state index contributed by atoms with van der Waals surface area (Å²) in [6, 6.07) is 3.91. The fraction of sp³-hybridized carbons (Fsp3) is 0.400. The lowest BCUT2D eigenvalue weighted by Gasteiger charge is -2.01. The summed E-state index contributed by atoms with van der Waals surface area (Å²) in [7, 11) is 0. The van der Waals surface area contributed by atoms with Gasteiger partial charge in [0.1, 0.15) is 5.78 Å². The lowest BCUT2D eigenvalue weighted by atomic mass is 10.1. The van der Waals surface area contributed by atoms with Gasteiger partial charge >= 0.3 is 0 Å². The number of hydrogen-bond donors (Lipinski definition) is 0. The summed E-state index contributed by atoms with van der Waals surface area (Å²) < 4.78 is 0. The molecule has 0 aromatic carbocycles. The molecule has 2 nitrogen and oxygen atoms in total. The summed E-state index contributed by atoms with van der Waals surface area (Å²) in [6.07, 6.45) is 0.446. The van der Waals surface area contributed by atoms with Gasteiger partial charge in [0.05, 0.1) is 0 Å². The van der Waals surface area contributed by atoms with Crippen molar-refractivity contribution in [1.82, 2.24) is 4.98 Å². The fourth-order valence-electron chi connectivity index (χ4n) is 1.04. The maximum Gasteiger partial charge on any atom is 0.135 e. The highest BCUT2D eigenvalue weighted by molar-refractivity contribution is 5.77. The molecule has 0 amide bonds. The first kappa shape index (κ1) is 8.91. The molecule has 2 heteroatoms. The molecule has 0 N–H and O–H groups in total. The second-order valence-corrected chi connectivity index (χ2v) is 3.08. The molecular weight excluding hydrogens is 150 g/mol. The van der Waals surface area contributed by atoms with Crippen LogP contribution < -0.4 is 0 Å². The number of carbonyl (C=O) groups excluding carboxylic acids is 1. The lowest BCUT2D eigenvalue weighted by Crippen LogP contribution is -2.00. The summed E-state index contributed by atoms with van der Waals surface area (Å²) >= 11 is 0. The van der Waals surface area contributed by atoms with Gasteiger partial charge < -0.3 is 0 Å². The van der Waals surface area contributed by atoms with E-state index in [4.69, 9.17) is 0 Å². The highest BCUT2D eigenvalue weighted by Gasteiger charge is 2.00. The zero-order valence-corrected chi connectivity index (χ0v) is 7.72. The maximum absolute atomic E-state index is 10.8. The molecular formula is C10H13NO. The molecule has 0 radical (unpaired) electrons. The van der Waals surface area contributed by atoms with Gasteiger partial charge in [-0.2, -0.15) is 0 Å². The molecule has 64 valence electrons. The van der Waals surface area contributed by atoms with Crippen molar-refractivity contribution in [1.29, 1.82) is 0 Å². The minimum atomic E-state index is 0.158. The Balaban J connectivity index is 2.89. The number of ketones is 1. The Bertz CT molecular complexity index is 305. The second kappa shape index (κ2) is 3.48. The summed E-state index contributed by atoms with van der Waals surface area (Å²) in [5, 5.41) is 0. The topological polar surface area (TPSA) is 30.0 Å². The first-order valence-electron chi connectivity index (χ1n) is 4.02. The summed E-state index contributed by atoms with van der Waals surface area (Å²) in [4.78, 5) is 15.1. The number of aromatic nitrogens is 1. The number of hydrogen-bond acceptors (Lipinski definition) is 2. The van der Waals surface area contributed by atoms with Gasteiger partial charge in [-0.3, -0.25) is 9.78 Å². The van der Waals surface area contributed by atoms with Crippen LogP contribution in [0.25, 0.3) is 0 Å². The largest absolute Gasteiger partial charge is 0.300 e. The van der Waals surface area contributed by atoms with Crippen LogP contribution in [0, 0.1) is 13.8 Å². The zero-order valence-electron chi connectivity index (χ0n) is 7.72. The third-order valence-corrected chi connectivity index (χ3v) is 1.84. The van der Waals surface area contributed by atoms with Crippen LogP contribution in [0.4, 0.5) is 0 Å². The van der Waals surface area contributed by atoms with Crippen LogP contribution in [0.3, 0.4) is 0 Å². The predicted octanol–water partition coefficient (Wildman–Crippen LogP) is 1.83. The van der Waals surface area contributed by atoms with Crippen LogP contribution in [0.5, 0.6) is 0 Å². The van der Waals surface area contributed by atoms with Crippen LogP contribution in [0.2, 0.25) is 0 Å². The molecule has 0 spiro atoms. The van der Waals surface area contributed by atoms with Crippen LogP contribution in [0.15, 0.2) is 12.1 Å². The Hall–Kier alpha value is -1.18. The smallest absolute Gasteiger partial charge is 0.135 e. The van der Waals surface area contributed by atoms with Gasteiger partial charge in [-0.15, -0.1) is 0 Å². The molecule has 0 aliphatic carbocycles. The molecule has 0 atom stereocenters. The van der Waals surface area contributed by atoms with Crippen molar-refractivity contribution in [2.45, 2.75) is 27.2 Å². The van der Waals surface area contributed by atoms with Crippen molar-refractivity contribution in [3.05, 3.63) is 29.1 Å².